The van der Waals surface area contributed by atoms with Crippen LogP contribution in [0.3, 0.4) is 0 Å². The van der Waals surface area contributed by atoms with Crippen molar-refractivity contribution in [1.82, 2.24) is 0 Å². The van der Waals surface area contributed by atoms with Crippen molar-refractivity contribution in [3.63, 3.8) is 0 Å². The third kappa shape index (κ3) is 2.77. The van der Waals surface area contributed by atoms with Crippen molar-refractivity contribution in [2.75, 3.05) is 0 Å². The molecule has 0 aliphatic heterocycles. The molecular formula is C30H52O. The van der Waals surface area contributed by atoms with Gasteiger partial charge in [-0.15, -0.1) is 0 Å². The van der Waals surface area contributed by atoms with Crippen molar-refractivity contribution >= 4 is 0 Å². The Morgan fingerprint density at radius 2 is 1.19 bits per heavy atom. The number of aliphatic hydroxyl groups excluding tert-OH is 1. The smallest absolute Gasteiger partial charge is 0.0571 e. The van der Waals surface area contributed by atoms with Gasteiger partial charge in [0.15, 0.2) is 0 Å². The highest BCUT2D eigenvalue weighted by Crippen LogP contribution is 2.78. The van der Waals surface area contributed by atoms with E-state index in [9.17, 15) is 5.11 Å². The van der Waals surface area contributed by atoms with E-state index >= 15 is 0 Å². The van der Waals surface area contributed by atoms with Gasteiger partial charge in [0.05, 0.1) is 6.10 Å². The first kappa shape index (κ1) is 22.7. The molecule has 0 aromatic carbocycles. The molecule has 31 heavy (non-hydrogen) atoms. The fraction of sp³-hybridized carbons (Fsp3) is 1.00. The van der Waals surface area contributed by atoms with Crippen LogP contribution < -0.4 is 0 Å². The van der Waals surface area contributed by atoms with Gasteiger partial charge in [-0.25, -0.2) is 0 Å². The van der Waals surface area contributed by atoms with Crippen molar-refractivity contribution in [2.24, 2.45) is 56.2 Å². The van der Waals surface area contributed by atoms with Gasteiger partial charge in [-0.3, -0.25) is 0 Å². The molecule has 5 aliphatic rings. The number of hydrogen-bond acceptors (Lipinski definition) is 1. The zero-order chi connectivity index (χ0) is 22.7. The molecule has 5 saturated carbocycles. The van der Waals surface area contributed by atoms with Gasteiger partial charge < -0.3 is 5.11 Å². The zero-order valence-corrected chi connectivity index (χ0v) is 22.1. The minimum Gasteiger partial charge on any atom is -0.393 e. The lowest BCUT2D eigenvalue weighted by Gasteiger charge is -2.75. The average molecular weight is 429 g/mol. The molecule has 0 heterocycles. The van der Waals surface area contributed by atoms with Crippen LogP contribution in [0.15, 0.2) is 0 Å². The summed E-state index contributed by atoms with van der Waals surface area (Å²) in [4.78, 5) is 0. The first-order valence-corrected chi connectivity index (χ1v) is 13.9. The van der Waals surface area contributed by atoms with E-state index in [1.165, 1.54) is 64.2 Å². The number of aliphatic hydroxyl groups is 1. The van der Waals surface area contributed by atoms with Gasteiger partial charge in [0.2, 0.25) is 0 Å². The summed E-state index contributed by atoms with van der Waals surface area (Å²) in [7, 11) is 0. The average Bonchev–Trinajstić information content (AvgIpc) is 2.69. The van der Waals surface area contributed by atoms with Crippen LogP contribution in [-0.2, 0) is 0 Å². The summed E-state index contributed by atoms with van der Waals surface area (Å²) in [6.45, 7) is 20.9. The molecule has 0 spiro atoms. The SMILES string of the molecule is CC1C(O)CC[C@H]2[C@]3(C)CC[C@@]4(C)[C@H]5CC(C)(C)CC[C@]5(C)CC[C@]4(C)[C@H]3CC[C@]12C. The summed E-state index contributed by atoms with van der Waals surface area (Å²) in [5.41, 5.74) is 2.88. The molecule has 0 bridgehead atoms. The predicted octanol–water partition coefficient (Wildman–Crippen LogP) is 8.25. The molecule has 1 heteroatoms. The van der Waals surface area contributed by atoms with Crippen LogP contribution >= 0.6 is 0 Å². The Balaban J connectivity index is 1.54. The molecule has 2 unspecified atom stereocenters. The fourth-order valence-electron chi connectivity index (χ4n) is 11.4. The van der Waals surface area contributed by atoms with Crippen LogP contribution in [0.25, 0.3) is 0 Å². The molecule has 178 valence electrons. The Kier molecular flexibility index (Phi) is 4.80. The maximum absolute atomic E-state index is 10.7. The van der Waals surface area contributed by atoms with Crippen LogP contribution in [0, 0.1) is 56.2 Å². The van der Waals surface area contributed by atoms with Gasteiger partial charge >= 0.3 is 0 Å². The van der Waals surface area contributed by atoms with E-state index in [1.54, 1.807) is 0 Å². The summed E-state index contributed by atoms with van der Waals surface area (Å²) < 4.78 is 0. The monoisotopic (exact) mass is 428 g/mol. The van der Waals surface area contributed by atoms with Gasteiger partial charge in [-0.2, -0.15) is 0 Å². The second-order valence-corrected chi connectivity index (χ2v) is 15.5. The van der Waals surface area contributed by atoms with Gasteiger partial charge in [0.25, 0.3) is 0 Å². The molecule has 0 amide bonds. The second kappa shape index (κ2) is 6.55. The maximum atomic E-state index is 10.7. The minimum absolute atomic E-state index is 0.0781. The van der Waals surface area contributed by atoms with E-state index in [4.69, 9.17) is 0 Å². The van der Waals surface area contributed by atoms with E-state index in [0.29, 0.717) is 38.4 Å². The lowest BCUT2D eigenvalue weighted by atomic mass is 9.30. The van der Waals surface area contributed by atoms with Crippen molar-refractivity contribution in [3.8, 4) is 0 Å². The third-order valence-electron chi connectivity index (χ3n) is 13.9. The van der Waals surface area contributed by atoms with E-state index < -0.39 is 0 Å². The Morgan fingerprint density at radius 1 is 0.581 bits per heavy atom. The largest absolute Gasteiger partial charge is 0.393 e. The topological polar surface area (TPSA) is 20.2 Å². The van der Waals surface area contributed by atoms with Crippen molar-refractivity contribution < 1.29 is 5.11 Å². The molecule has 0 saturated heterocycles. The highest BCUT2D eigenvalue weighted by molar-refractivity contribution is 5.19. The highest BCUT2D eigenvalue weighted by Gasteiger charge is 2.70. The second-order valence-electron chi connectivity index (χ2n) is 15.5. The maximum Gasteiger partial charge on any atom is 0.0571 e. The molecule has 5 aliphatic carbocycles. The minimum atomic E-state index is -0.0781. The van der Waals surface area contributed by atoms with Crippen molar-refractivity contribution in [1.29, 1.82) is 0 Å². The first-order valence-electron chi connectivity index (χ1n) is 13.9. The zero-order valence-electron chi connectivity index (χ0n) is 22.1. The van der Waals surface area contributed by atoms with E-state index in [2.05, 4.69) is 55.4 Å². The fourth-order valence-corrected chi connectivity index (χ4v) is 11.4. The number of fused-ring (bicyclic) bond motifs is 7. The molecular weight excluding hydrogens is 376 g/mol. The Labute approximate surface area is 193 Å². The molecule has 5 fully saturated rings. The Morgan fingerprint density at radius 3 is 1.90 bits per heavy atom. The molecule has 0 aromatic heterocycles. The van der Waals surface area contributed by atoms with Gasteiger partial charge in [0.1, 0.15) is 0 Å². The van der Waals surface area contributed by atoms with Crippen molar-refractivity contribution in [2.45, 2.75) is 132 Å². The molecule has 0 radical (unpaired) electrons. The van der Waals surface area contributed by atoms with Crippen LogP contribution in [-0.4, -0.2) is 11.2 Å². The first-order chi connectivity index (χ1) is 14.2. The lowest BCUT2D eigenvalue weighted by molar-refractivity contribution is -0.263. The summed E-state index contributed by atoms with van der Waals surface area (Å²) >= 11 is 0. The molecule has 10 atom stereocenters. The Hall–Kier alpha value is -0.0400. The van der Waals surface area contributed by atoms with Crippen LogP contribution in [0.5, 0.6) is 0 Å². The summed E-state index contributed by atoms with van der Waals surface area (Å²) in [5.74, 6) is 3.02. The standard InChI is InChI=1S/C30H52O/c1-20-21(31)9-10-22-27(20,5)12-11-23-28(22,6)16-18-30(8)24-19-25(2,3)13-14-26(24,4)15-17-29(23,30)7/h20-24,31H,9-19H2,1-8H3/t20?,21?,22-,23+,24+,26-,27-,28+,29-,30+/m1/s1. The highest BCUT2D eigenvalue weighted by atomic mass is 16.3. The summed E-state index contributed by atoms with van der Waals surface area (Å²) in [5, 5.41) is 10.7. The third-order valence-corrected chi connectivity index (χ3v) is 13.9. The predicted molar refractivity (Wildman–Crippen MR) is 131 cm³/mol. The molecule has 5 rings (SSSR count). The number of rotatable bonds is 0. The summed E-state index contributed by atoms with van der Waals surface area (Å²) in [6, 6.07) is 0. The normalized spacial score (nSPS) is 60.9. The van der Waals surface area contributed by atoms with E-state index in [1.807, 2.05) is 0 Å². The lowest BCUT2D eigenvalue weighted by Crippen LogP contribution is -2.67. The van der Waals surface area contributed by atoms with E-state index in [-0.39, 0.29) is 6.10 Å². The van der Waals surface area contributed by atoms with Crippen LogP contribution in [0.2, 0.25) is 0 Å². The molecule has 0 aromatic rings. The summed E-state index contributed by atoms with van der Waals surface area (Å²) in [6.07, 6.45) is 15.1. The van der Waals surface area contributed by atoms with E-state index in [0.717, 1.165) is 24.2 Å². The molecule has 1 N–H and O–H groups in total. The Bertz CT molecular complexity index is 741. The van der Waals surface area contributed by atoms with Crippen LogP contribution in [0.1, 0.15) is 126 Å². The molecule has 1 nitrogen and oxygen atoms in total. The number of hydrogen-bond donors (Lipinski definition) is 1. The van der Waals surface area contributed by atoms with Crippen molar-refractivity contribution in [3.05, 3.63) is 0 Å². The quantitative estimate of drug-likeness (QED) is 0.412. The van der Waals surface area contributed by atoms with Gasteiger partial charge in [0, 0.05) is 0 Å². The van der Waals surface area contributed by atoms with Crippen LogP contribution in [0.4, 0.5) is 0 Å². The van der Waals surface area contributed by atoms with Gasteiger partial charge in [-0.05, 0) is 127 Å². The van der Waals surface area contributed by atoms with Gasteiger partial charge in [-0.1, -0.05) is 55.4 Å².